The van der Waals surface area contributed by atoms with Crippen LogP contribution < -0.4 is 5.32 Å². The molecule has 0 bridgehead atoms. The van der Waals surface area contributed by atoms with E-state index in [-0.39, 0.29) is 35.6 Å². The van der Waals surface area contributed by atoms with Crippen molar-refractivity contribution < 1.29 is 26.8 Å². The predicted molar refractivity (Wildman–Crippen MR) is 152 cm³/mol. The fourth-order valence-corrected chi connectivity index (χ4v) is 6.39. The zero-order valence-electron chi connectivity index (χ0n) is 22.9. The molecular weight excluding hydrogens is 550 g/mol. The number of sulfonamides is 1. The van der Waals surface area contributed by atoms with Gasteiger partial charge in [0.25, 0.3) is 0 Å². The molecule has 1 N–H and O–H groups in total. The maximum Gasteiger partial charge on any atom is 0.321 e. The molecule has 8 nitrogen and oxygen atoms in total. The summed E-state index contributed by atoms with van der Waals surface area (Å²) >= 11 is 0. The summed E-state index contributed by atoms with van der Waals surface area (Å²) < 4.78 is 55.2. The van der Waals surface area contributed by atoms with Gasteiger partial charge < -0.3 is 15.1 Å². The van der Waals surface area contributed by atoms with Crippen LogP contribution in [0.15, 0.2) is 83.8 Å². The lowest BCUT2D eigenvalue weighted by molar-refractivity contribution is -0.135. The first-order valence-corrected chi connectivity index (χ1v) is 15.0. The van der Waals surface area contributed by atoms with Gasteiger partial charge in [-0.1, -0.05) is 55.5 Å². The Labute approximate surface area is 239 Å². The zero-order valence-corrected chi connectivity index (χ0v) is 23.7. The molecule has 218 valence electrons. The van der Waals surface area contributed by atoms with Gasteiger partial charge in [-0.25, -0.2) is 22.0 Å². The molecule has 11 heteroatoms. The average molecular weight is 585 g/mol. The monoisotopic (exact) mass is 584 g/mol. The van der Waals surface area contributed by atoms with Crippen molar-refractivity contribution in [3.63, 3.8) is 0 Å². The van der Waals surface area contributed by atoms with Crippen molar-refractivity contribution in [2.45, 2.75) is 43.7 Å². The van der Waals surface area contributed by atoms with Crippen molar-refractivity contribution in [1.29, 1.82) is 0 Å². The van der Waals surface area contributed by atoms with Crippen LogP contribution in [0.2, 0.25) is 0 Å². The molecule has 0 saturated carbocycles. The summed E-state index contributed by atoms with van der Waals surface area (Å²) in [6, 6.07) is 19.7. The standard InChI is InChI=1S/C30H34F2N4O4S/c1-2-17-35(41(39,40)26-11-7-4-8-12-26)22-29(37)36(21-23-9-5-3-6-10-23)25-15-18-34(19-16-25)30(38)33-28-14-13-24(31)20-27(28)32/h3-14,20,25H,2,15-19,21-22H2,1H3,(H,33,38). The molecule has 1 aliphatic rings. The molecular formula is C30H34F2N4O4S. The molecule has 0 radical (unpaired) electrons. The number of halogens is 2. The minimum absolute atomic E-state index is 0.116. The van der Waals surface area contributed by atoms with Crippen LogP contribution in [0.25, 0.3) is 0 Å². The van der Waals surface area contributed by atoms with Crippen molar-refractivity contribution in [1.82, 2.24) is 14.1 Å². The number of urea groups is 1. The second-order valence-corrected chi connectivity index (χ2v) is 11.9. The fraction of sp³-hybridized carbons (Fsp3) is 0.333. The van der Waals surface area contributed by atoms with Gasteiger partial charge in [0.1, 0.15) is 11.6 Å². The van der Waals surface area contributed by atoms with Gasteiger partial charge in [-0.2, -0.15) is 4.31 Å². The van der Waals surface area contributed by atoms with E-state index in [1.54, 1.807) is 23.1 Å². The number of benzene rings is 3. The van der Waals surface area contributed by atoms with Crippen LogP contribution in [0.5, 0.6) is 0 Å². The molecule has 0 atom stereocenters. The minimum Gasteiger partial charge on any atom is -0.334 e. The molecule has 0 unspecified atom stereocenters. The van der Waals surface area contributed by atoms with Gasteiger partial charge in [0.2, 0.25) is 15.9 Å². The van der Waals surface area contributed by atoms with Crippen LogP contribution in [0.1, 0.15) is 31.7 Å². The third-order valence-electron chi connectivity index (χ3n) is 7.05. The Balaban J connectivity index is 1.48. The number of nitrogens with one attached hydrogen (secondary N) is 1. The summed E-state index contributed by atoms with van der Waals surface area (Å²) in [5.41, 5.74) is 0.788. The number of carbonyl (C=O) groups is 2. The van der Waals surface area contributed by atoms with Gasteiger partial charge in [0.15, 0.2) is 0 Å². The summed E-state index contributed by atoms with van der Waals surface area (Å²) in [5.74, 6) is -1.92. The van der Waals surface area contributed by atoms with Gasteiger partial charge in [0.05, 0.1) is 17.1 Å². The largest absolute Gasteiger partial charge is 0.334 e. The van der Waals surface area contributed by atoms with E-state index >= 15 is 0 Å². The molecule has 1 saturated heterocycles. The lowest BCUT2D eigenvalue weighted by Crippen LogP contribution is -2.52. The van der Waals surface area contributed by atoms with Crippen molar-refractivity contribution in [3.8, 4) is 0 Å². The molecule has 0 aromatic heterocycles. The third-order valence-corrected chi connectivity index (χ3v) is 8.91. The number of piperidine rings is 1. The second kappa shape index (κ2) is 13.7. The maximum atomic E-state index is 14.0. The van der Waals surface area contributed by atoms with Crippen LogP contribution in [-0.2, 0) is 21.4 Å². The van der Waals surface area contributed by atoms with E-state index in [4.69, 9.17) is 0 Å². The zero-order chi connectivity index (χ0) is 29.4. The van der Waals surface area contributed by atoms with Crippen LogP contribution in [0.3, 0.4) is 0 Å². The van der Waals surface area contributed by atoms with E-state index in [9.17, 15) is 26.8 Å². The quantitative estimate of drug-likeness (QED) is 0.360. The summed E-state index contributed by atoms with van der Waals surface area (Å²) in [5, 5.41) is 2.48. The predicted octanol–water partition coefficient (Wildman–Crippen LogP) is 5.09. The highest BCUT2D eigenvalue weighted by Crippen LogP contribution is 2.23. The summed E-state index contributed by atoms with van der Waals surface area (Å²) in [4.78, 5) is 29.9. The third kappa shape index (κ3) is 7.68. The topological polar surface area (TPSA) is 90.0 Å². The second-order valence-electron chi connectivity index (χ2n) is 9.93. The Hall–Kier alpha value is -3.83. The van der Waals surface area contributed by atoms with E-state index in [2.05, 4.69) is 5.32 Å². The molecule has 1 fully saturated rings. The van der Waals surface area contributed by atoms with E-state index < -0.39 is 27.7 Å². The van der Waals surface area contributed by atoms with E-state index in [1.165, 1.54) is 27.4 Å². The number of nitrogens with zero attached hydrogens (tertiary/aromatic N) is 3. The molecule has 41 heavy (non-hydrogen) atoms. The number of rotatable bonds is 10. The van der Waals surface area contributed by atoms with Gasteiger partial charge in [-0.05, 0) is 49.1 Å². The Morgan fingerprint density at radius 1 is 0.951 bits per heavy atom. The summed E-state index contributed by atoms with van der Waals surface area (Å²) in [6.45, 7) is 2.65. The first-order chi connectivity index (χ1) is 19.7. The molecule has 3 aromatic carbocycles. The number of carbonyl (C=O) groups excluding carboxylic acids is 2. The van der Waals surface area contributed by atoms with Crippen LogP contribution in [0, 0.1) is 11.6 Å². The maximum absolute atomic E-state index is 14.0. The number of amides is 3. The van der Waals surface area contributed by atoms with E-state index in [0.29, 0.717) is 45.0 Å². The number of anilines is 1. The van der Waals surface area contributed by atoms with Crippen molar-refractivity contribution >= 4 is 27.6 Å². The molecule has 0 spiro atoms. The van der Waals surface area contributed by atoms with E-state index in [0.717, 1.165) is 11.6 Å². The normalized spacial score (nSPS) is 14.2. The van der Waals surface area contributed by atoms with Crippen molar-refractivity contribution in [2.24, 2.45) is 0 Å². The fourth-order valence-electron chi connectivity index (χ4n) is 4.88. The first-order valence-electron chi connectivity index (χ1n) is 13.6. The smallest absolute Gasteiger partial charge is 0.321 e. The molecule has 0 aliphatic carbocycles. The lowest BCUT2D eigenvalue weighted by Gasteiger charge is -2.39. The lowest BCUT2D eigenvalue weighted by atomic mass is 10.0. The molecule has 3 amide bonds. The van der Waals surface area contributed by atoms with Crippen LogP contribution in [0.4, 0.5) is 19.3 Å². The van der Waals surface area contributed by atoms with Crippen molar-refractivity contribution in [2.75, 3.05) is 31.5 Å². The molecule has 3 aromatic rings. The highest BCUT2D eigenvalue weighted by atomic mass is 32.2. The van der Waals surface area contributed by atoms with Crippen LogP contribution >= 0.6 is 0 Å². The van der Waals surface area contributed by atoms with Gasteiger partial charge in [0, 0.05) is 38.3 Å². The van der Waals surface area contributed by atoms with Crippen LogP contribution in [-0.4, -0.2) is 66.7 Å². The van der Waals surface area contributed by atoms with Crippen molar-refractivity contribution in [3.05, 3.63) is 96.1 Å². The summed E-state index contributed by atoms with van der Waals surface area (Å²) in [7, 11) is -3.88. The number of hydrogen-bond donors (Lipinski definition) is 1. The summed E-state index contributed by atoms with van der Waals surface area (Å²) in [6.07, 6.45) is 1.45. The van der Waals surface area contributed by atoms with E-state index in [1.807, 2.05) is 37.3 Å². The first kappa shape index (κ1) is 30.1. The molecule has 1 aliphatic heterocycles. The molecule has 1 heterocycles. The Kier molecular flexibility index (Phi) is 10.1. The van der Waals surface area contributed by atoms with Gasteiger partial charge in [-0.3, -0.25) is 4.79 Å². The highest BCUT2D eigenvalue weighted by molar-refractivity contribution is 7.89. The van der Waals surface area contributed by atoms with Gasteiger partial charge >= 0.3 is 6.03 Å². The minimum atomic E-state index is -3.88. The average Bonchev–Trinajstić information content (AvgIpc) is 2.98. The molecule has 4 rings (SSSR count). The highest BCUT2D eigenvalue weighted by Gasteiger charge is 2.33. The number of hydrogen-bond acceptors (Lipinski definition) is 4. The Morgan fingerprint density at radius 2 is 1.59 bits per heavy atom. The SMILES string of the molecule is CCCN(CC(=O)N(Cc1ccccc1)C1CCN(C(=O)Nc2ccc(F)cc2F)CC1)S(=O)(=O)c1ccccc1. The number of likely N-dealkylation sites (tertiary alicyclic amines) is 1. The Morgan fingerprint density at radius 3 is 2.20 bits per heavy atom. The Bertz CT molecular complexity index is 1430. The van der Waals surface area contributed by atoms with Gasteiger partial charge in [-0.15, -0.1) is 0 Å².